The minimum absolute atomic E-state index is 0.384. The average Bonchev–Trinajstić information content (AvgIpc) is 3.02. The third kappa shape index (κ3) is 3.23. The van der Waals surface area contributed by atoms with Crippen LogP contribution in [0.5, 0.6) is 0 Å². The molecule has 2 fully saturated rings. The van der Waals surface area contributed by atoms with Gasteiger partial charge in [-0.15, -0.1) is 0 Å². The summed E-state index contributed by atoms with van der Waals surface area (Å²) < 4.78 is 5.61. The summed E-state index contributed by atoms with van der Waals surface area (Å²) in [6, 6.07) is 0. The third-order valence-electron chi connectivity index (χ3n) is 3.27. The first-order chi connectivity index (χ1) is 6.86. The first kappa shape index (κ1) is 10.4. The fourth-order valence-corrected chi connectivity index (χ4v) is 2.05. The van der Waals surface area contributed by atoms with Crippen LogP contribution < -0.4 is 10.6 Å². The Hall–Kier alpha value is -0.120. The molecule has 1 heterocycles. The van der Waals surface area contributed by atoms with E-state index < -0.39 is 0 Å². The van der Waals surface area contributed by atoms with Crippen LogP contribution in [-0.4, -0.2) is 38.9 Å². The molecular formula is C11H22N2O. The molecule has 1 aliphatic heterocycles. The second kappa shape index (κ2) is 5.10. The van der Waals surface area contributed by atoms with E-state index in [2.05, 4.69) is 17.6 Å². The maximum atomic E-state index is 5.61. The minimum Gasteiger partial charge on any atom is -0.374 e. The van der Waals surface area contributed by atoms with Crippen LogP contribution in [0, 0.1) is 11.8 Å². The number of nitrogens with one attached hydrogen (secondary N) is 2. The smallest absolute Gasteiger partial charge is 0.0824 e. The third-order valence-corrected chi connectivity index (χ3v) is 3.27. The van der Waals surface area contributed by atoms with E-state index in [4.69, 9.17) is 4.74 Å². The molecule has 1 aliphatic carbocycles. The van der Waals surface area contributed by atoms with Crippen molar-refractivity contribution in [1.82, 2.24) is 10.6 Å². The van der Waals surface area contributed by atoms with Crippen LogP contribution in [0.15, 0.2) is 0 Å². The SMILES string of the molecule is CC(CNCC1CNCCO1)C1CC1. The summed E-state index contributed by atoms with van der Waals surface area (Å²) in [5, 5.41) is 6.85. The van der Waals surface area contributed by atoms with Gasteiger partial charge in [0.15, 0.2) is 0 Å². The molecule has 0 amide bonds. The number of rotatable bonds is 5. The lowest BCUT2D eigenvalue weighted by Crippen LogP contribution is -2.44. The van der Waals surface area contributed by atoms with Crippen molar-refractivity contribution in [2.24, 2.45) is 11.8 Å². The van der Waals surface area contributed by atoms with Crippen molar-refractivity contribution >= 4 is 0 Å². The van der Waals surface area contributed by atoms with Crippen LogP contribution in [-0.2, 0) is 4.74 Å². The first-order valence-electron chi connectivity index (χ1n) is 5.89. The van der Waals surface area contributed by atoms with E-state index in [1.807, 2.05) is 0 Å². The highest BCUT2D eigenvalue weighted by Gasteiger charge is 2.27. The zero-order valence-corrected chi connectivity index (χ0v) is 9.09. The van der Waals surface area contributed by atoms with E-state index in [0.717, 1.165) is 44.6 Å². The monoisotopic (exact) mass is 198 g/mol. The van der Waals surface area contributed by atoms with E-state index >= 15 is 0 Å². The molecule has 0 aromatic rings. The fraction of sp³-hybridized carbons (Fsp3) is 1.00. The molecule has 1 saturated carbocycles. The van der Waals surface area contributed by atoms with E-state index in [1.165, 1.54) is 12.8 Å². The van der Waals surface area contributed by atoms with Gasteiger partial charge in [-0.05, 0) is 31.2 Å². The predicted molar refractivity (Wildman–Crippen MR) is 57.4 cm³/mol. The Morgan fingerprint density at radius 2 is 2.36 bits per heavy atom. The van der Waals surface area contributed by atoms with Crippen molar-refractivity contribution in [2.75, 3.05) is 32.8 Å². The van der Waals surface area contributed by atoms with Gasteiger partial charge >= 0.3 is 0 Å². The molecule has 0 bridgehead atoms. The number of ether oxygens (including phenoxy) is 1. The van der Waals surface area contributed by atoms with Gasteiger partial charge in [0.05, 0.1) is 12.7 Å². The van der Waals surface area contributed by atoms with Crippen LogP contribution in [0.2, 0.25) is 0 Å². The van der Waals surface area contributed by atoms with Crippen molar-refractivity contribution in [1.29, 1.82) is 0 Å². The normalized spacial score (nSPS) is 30.2. The molecule has 3 nitrogen and oxygen atoms in total. The highest BCUT2D eigenvalue weighted by molar-refractivity contribution is 4.80. The highest BCUT2D eigenvalue weighted by atomic mass is 16.5. The molecular weight excluding hydrogens is 176 g/mol. The Bertz CT molecular complexity index is 165. The Labute approximate surface area is 86.6 Å². The first-order valence-corrected chi connectivity index (χ1v) is 5.89. The Morgan fingerprint density at radius 3 is 3.00 bits per heavy atom. The molecule has 2 unspecified atom stereocenters. The molecule has 0 radical (unpaired) electrons. The van der Waals surface area contributed by atoms with Crippen molar-refractivity contribution in [3.05, 3.63) is 0 Å². The summed E-state index contributed by atoms with van der Waals surface area (Å²) >= 11 is 0. The van der Waals surface area contributed by atoms with E-state index in [-0.39, 0.29) is 0 Å². The van der Waals surface area contributed by atoms with Gasteiger partial charge < -0.3 is 15.4 Å². The molecule has 0 aromatic heterocycles. The Morgan fingerprint density at radius 1 is 1.50 bits per heavy atom. The van der Waals surface area contributed by atoms with Gasteiger partial charge in [-0.2, -0.15) is 0 Å². The Kier molecular flexibility index (Phi) is 3.79. The summed E-state index contributed by atoms with van der Waals surface area (Å²) in [5.74, 6) is 1.86. The summed E-state index contributed by atoms with van der Waals surface area (Å²) in [6.45, 7) is 7.39. The Balaban J connectivity index is 1.52. The van der Waals surface area contributed by atoms with Crippen molar-refractivity contribution in [2.45, 2.75) is 25.9 Å². The molecule has 1 saturated heterocycles. The van der Waals surface area contributed by atoms with Crippen molar-refractivity contribution < 1.29 is 4.74 Å². The van der Waals surface area contributed by atoms with Crippen LogP contribution >= 0.6 is 0 Å². The van der Waals surface area contributed by atoms with E-state index in [0.29, 0.717) is 6.10 Å². The van der Waals surface area contributed by atoms with Gasteiger partial charge in [-0.25, -0.2) is 0 Å². The second-order valence-corrected chi connectivity index (χ2v) is 4.67. The molecule has 2 aliphatic rings. The van der Waals surface area contributed by atoms with Crippen molar-refractivity contribution in [3.8, 4) is 0 Å². The summed E-state index contributed by atoms with van der Waals surface area (Å²) in [4.78, 5) is 0. The molecule has 0 aromatic carbocycles. The lowest BCUT2D eigenvalue weighted by molar-refractivity contribution is 0.0287. The predicted octanol–water partition coefficient (Wildman–Crippen LogP) is 0.610. The highest BCUT2D eigenvalue weighted by Crippen LogP contribution is 2.35. The number of hydrogen-bond acceptors (Lipinski definition) is 3. The molecule has 82 valence electrons. The van der Waals surface area contributed by atoms with Gasteiger partial charge in [-0.3, -0.25) is 0 Å². The maximum absolute atomic E-state index is 5.61. The molecule has 3 heteroatoms. The summed E-state index contributed by atoms with van der Waals surface area (Å²) in [6.07, 6.45) is 3.28. The van der Waals surface area contributed by atoms with E-state index in [9.17, 15) is 0 Å². The zero-order valence-electron chi connectivity index (χ0n) is 9.09. The lowest BCUT2D eigenvalue weighted by atomic mass is 10.1. The quantitative estimate of drug-likeness (QED) is 0.679. The summed E-state index contributed by atoms with van der Waals surface area (Å²) in [5.41, 5.74) is 0. The number of hydrogen-bond donors (Lipinski definition) is 2. The van der Waals surface area contributed by atoms with Crippen LogP contribution in [0.3, 0.4) is 0 Å². The van der Waals surface area contributed by atoms with Crippen LogP contribution in [0.1, 0.15) is 19.8 Å². The average molecular weight is 198 g/mol. The van der Waals surface area contributed by atoms with Gasteiger partial charge in [0.2, 0.25) is 0 Å². The molecule has 14 heavy (non-hydrogen) atoms. The van der Waals surface area contributed by atoms with Gasteiger partial charge in [0.1, 0.15) is 0 Å². The largest absolute Gasteiger partial charge is 0.374 e. The summed E-state index contributed by atoms with van der Waals surface area (Å²) in [7, 11) is 0. The lowest BCUT2D eigenvalue weighted by Gasteiger charge is -2.24. The topological polar surface area (TPSA) is 33.3 Å². The molecule has 2 atom stereocenters. The molecule has 2 rings (SSSR count). The van der Waals surface area contributed by atoms with E-state index in [1.54, 1.807) is 0 Å². The molecule has 0 spiro atoms. The molecule has 2 N–H and O–H groups in total. The fourth-order valence-electron chi connectivity index (χ4n) is 2.05. The zero-order chi connectivity index (χ0) is 9.80. The standard InChI is InChI=1S/C11H22N2O/c1-9(10-2-3-10)6-13-8-11-7-12-4-5-14-11/h9-13H,2-8H2,1H3. The number of morpholine rings is 1. The minimum atomic E-state index is 0.384. The van der Waals surface area contributed by atoms with Crippen LogP contribution in [0.4, 0.5) is 0 Å². The van der Waals surface area contributed by atoms with Gasteiger partial charge in [0, 0.05) is 19.6 Å². The maximum Gasteiger partial charge on any atom is 0.0824 e. The second-order valence-electron chi connectivity index (χ2n) is 4.67. The van der Waals surface area contributed by atoms with Crippen LogP contribution in [0.25, 0.3) is 0 Å². The van der Waals surface area contributed by atoms with Gasteiger partial charge in [0.25, 0.3) is 0 Å². The van der Waals surface area contributed by atoms with Crippen molar-refractivity contribution in [3.63, 3.8) is 0 Å². The van der Waals surface area contributed by atoms with Gasteiger partial charge in [-0.1, -0.05) is 6.92 Å².